The number of halogens is 5. The van der Waals surface area contributed by atoms with Gasteiger partial charge in [0.1, 0.15) is 17.5 Å². The molecule has 21 heavy (non-hydrogen) atoms. The monoisotopic (exact) mass is 332 g/mol. The second-order valence-corrected chi connectivity index (χ2v) is 5.50. The highest BCUT2D eigenvalue weighted by Gasteiger charge is 2.32. The van der Waals surface area contributed by atoms with Crippen LogP contribution in [-0.4, -0.2) is 11.8 Å². The van der Waals surface area contributed by atoms with E-state index in [4.69, 9.17) is 23.2 Å². The summed E-state index contributed by atoms with van der Waals surface area (Å²) in [6.07, 6.45) is 0.0903. The summed E-state index contributed by atoms with van der Waals surface area (Å²) in [6, 6.07) is 9.07. The van der Waals surface area contributed by atoms with E-state index in [1.807, 2.05) is 0 Å². The van der Waals surface area contributed by atoms with Gasteiger partial charge in [-0.3, -0.25) is 0 Å². The molecule has 0 atom stereocenters. The smallest absolute Gasteiger partial charge is 0.126 e. The fraction of sp³-hybridized carbons (Fsp3) is 0.250. The molecule has 0 aliphatic carbocycles. The van der Waals surface area contributed by atoms with E-state index in [-0.39, 0.29) is 23.7 Å². The van der Waals surface area contributed by atoms with Gasteiger partial charge in [-0.15, -0.1) is 23.2 Å². The summed E-state index contributed by atoms with van der Waals surface area (Å²) in [6.45, 7) is 0. The van der Waals surface area contributed by atoms with E-state index in [1.54, 1.807) is 12.1 Å². The van der Waals surface area contributed by atoms with Crippen molar-refractivity contribution in [3.63, 3.8) is 0 Å². The molecule has 0 heterocycles. The van der Waals surface area contributed by atoms with Gasteiger partial charge in [0.2, 0.25) is 0 Å². The zero-order valence-corrected chi connectivity index (χ0v) is 12.6. The molecule has 0 aromatic heterocycles. The summed E-state index contributed by atoms with van der Waals surface area (Å²) >= 11 is 12.1. The molecular weight excluding hydrogens is 320 g/mol. The lowest BCUT2D eigenvalue weighted by atomic mass is 9.78. The molecule has 5 heteroatoms. The Bertz CT molecular complexity index is 625. The molecule has 0 unspecified atom stereocenters. The van der Waals surface area contributed by atoms with Gasteiger partial charge in [-0.2, -0.15) is 0 Å². The highest BCUT2D eigenvalue weighted by atomic mass is 35.5. The van der Waals surface area contributed by atoms with Gasteiger partial charge < -0.3 is 0 Å². The number of alkyl halides is 2. The summed E-state index contributed by atoms with van der Waals surface area (Å²) in [7, 11) is 0. The lowest BCUT2D eigenvalue weighted by molar-refractivity contribution is 0.502. The Morgan fingerprint density at radius 2 is 1.52 bits per heavy atom. The predicted molar refractivity (Wildman–Crippen MR) is 79.6 cm³/mol. The van der Waals surface area contributed by atoms with Crippen LogP contribution in [0, 0.1) is 17.5 Å². The summed E-state index contributed by atoms with van der Waals surface area (Å²) in [5, 5.41) is 0. The van der Waals surface area contributed by atoms with Crippen LogP contribution < -0.4 is 0 Å². The Balaban J connectivity index is 2.45. The van der Waals surface area contributed by atoms with Crippen LogP contribution in [0.5, 0.6) is 0 Å². The van der Waals surface area contributed by atoms with Crippen molar-refractivity contribution in [1.29, 1.82) is 0 Å². The van der Waals surface area contributed by atoms with E-state index < -0.39 is 22.9 Å². The first-order valence-corrected chi connectivity index (χ1v) is 7.39. The molecule has 0 radical (unpaired) electrons. The third kappa shape index (κ3) is 3.53. The molecule has 2 rings (SSSR count). The van der Waals surface area contributed by atoms with Crippen LogP contribution in [0.2, 0.25) is 0 Å². The van der Waals surface area contributed by atoms with Crippen molar-refractivity contribution < 1.29 is 13.2 Å². The molecule has 0 amide bonds. The number of hydrogen-bond donors (Lipinski definition) is 0. The van der Waals surface area contributed by atoms with Gasteiger partial charge in [0.15, 0.2) is 0 Å². The molecule has 2 aromatic rings. The van der Waals surface area contributed by atoms with Crippen molar-refractivity contribution >= 4 is 23.2 Å². The molecule has 2 aromatic carbocycles. The molecule has 0 saturated heterocycles. The maximum atomic E-state index is 13.8. The third-order valence-electron chi connectivity index (χ3n) is 3.49. The average molecular weight is 333 g/mol. The molecule has 112 valence electrons. The average Bonchev–Trinajstić information content (AvgIpc) is 2.48. The normalized spacial score (nSPS) is 11.7. The Labute approximate surface area is 131 Å². The highest BCUT2D eigenvalue weighted by Crippen LogP contribution is 2.33. The molecule has 0 nitrogen and oxygen atoms in total. The first-order chi connectivity index (χ1) is 10.0. The maximum absolute atomic E-state index is 13.8. The minimum Gasteiger partial charge on any atom is -0.207 e. The molecule has 0 aliphatic rings. The minimum atomic E-state index is -0.861. The van der Waals surface area contributed by atoms with Gasteiger partial charge in [0.25, 0.3) is 0 Å². The largest absolute Gasteiger partial charge is 0.207 e. The van der Waals surface area contributed by atoms with Crippen LogP contribution in [0.3, 0.4) is 0 Å². The van der Waals surface area contributed by atoms with E-state index in [9.17, 15) is 13.2 Å². The number of hydrogen-bond acceptors (Lipinski definition) is 0. The van der Waals surface area contributed by atoms with Crippen LogP contribution in [0.15, 0.2) is 42.5 Å². The van der Waals surface area contributed by atoms with Crippen LogP contribution in [0.1, 0.15) is 11.1 Å². The molecule has 0 saturated carbocycles. The van der Waals surface area contributed by atoms with Crippen molar-refractivity contribution in [2.75, 3.05) is 11.8 Å². The van der Waals surface area contributed by atoms with Gasteiger partial charge in [-0.25, -0.2) is 13.2 Å². The Morgan fingerprint density at radius 3 is 2.14 bits per heavy atom. The molecule has 0 fully saturated rings. The number of rotatable bonds is 5. The fourth-order valence-corrected chi connectivity index (χ4v) is 3.03. The van der Waals surface area contributed by atoms with Gasteiger partial charge >= 0.3 is 0 Å². The van der Waals surface area contributed by atoms with Crippen LogP contribution >= 0.6 is 23.2 Å². The van der Waals surface area contributed by atoms with Crippen molar-refractivity contribution in [3.8, 4) is 0 Å². The van der Waals surface area contributed by atoms with Gasteiger partial charge in [0, 0.05) is 17.2 Å². The molecule has 0 bridgehead atoms. The van der Waals surface area contributed by atoms with Crippen LogP contribution in [-0.2, 0) is 11.8 Å². The Kier molecular flexibility index (Phi) is 5.17. The topological polar surface area (TPSA) is 0 Å². The summed E-state index contributed by atoms with van der Waals surface area (Å²) in [5.74, 6) is -1.37. The minimum absolute atomic E-state index is 0.0654. The van der Waals surface area contributed by atoms with E-state index in [0.29, 0.717) is 5.56 Å². The molecule has 0 N–H and O–H groups in total. The standard InChI is InChI=1S/C16H13Cl2F3/c17-9-16(10-18,12-2-1-3-13(19)7-12)8-11-6-14(20)4-5-15(11)21/h1-7H,8-10H2. The predicted octanol–water partition coefficient (Wildman–Crippen LogP) is 5.06. The Morgan fingerprint density at radius 1 is 0.857 bits per heavy atom. The van der Waals surface area contributed by atoms with Crippen molar-refractivity contribution in [2.45, 2.75) is 11.8 Å². The van der Waals surface area contributed by atoms with Crippen molar-refractivity contribution in [3.05, 3.63) is 71.0 Å². The van der Waals surface area contributed by atoms with Crippen LogP contribution in [0.25, 0.3) is 0 Å². The number of benzene rings is 2. The lowest BCUT2D eigenvalue weighted by Gasteiger charge is -2.30. The summed E-state index contributed by atoms with van der Waals surface area (Å²) in [4.78, 5) is 0. The second-order valence-electron chi connectivity index (χ2n) is 4.97. The second kappa shape index (κ2) is 6.71. The molecule has 0 spiro atoms. The van der Waals surface area contributed by atoms with Crippen molar-refractivity contribution in [2.24, 2.45) is 0 Å². The lowest BCUT2D eigenvalue weighted by Crippen LogP contribution is -2.33. The molecule has 0 aliphatic heterocycles. The van der Waals surface area contributed by atoms with E-state index in [0.717, 1.165) is 18.2 Å². The SMILES string of the molecule is Fc1cccc(C(CCl)(CCl)Cc2cc(F)ccc2F)c1. The van der Waals surface area contributed by atoms with Gasteiger partial charge in [0.05, 0.1) is 0 Å². The van der Waals surface area contributed by atoms with Crippen LogP contribution in [0.4, 0.5) is 13.2 Å². The van der Waals surface area contributed by atoms with Gasteiger partial charge in [-0.1, -0.05) is 12.1 Å². The summed E-state index contributed by atoms with van der Waals surface area (Å²) in [5.41, 5.74) is -0.128. The quantitative estimate of drug-likeness (QED) is 0.671. The molecular formula is C16H13Cl2F3. The highest BCUT2D eigenvalue weighted by molar-refractivity contribution is 6.22. The Hall–Kier alpha value is -1.19. The van der Waals surface area contributed by atoms with Crippen molar-refractivity contribution in [1.82, 2.24) is 0 Å². The summed E-state index contributed by atoms with van der Waals surface area (Å²) < 4.78 is 40.6. The van der Waals surface area contributed by atoms with Gasteiger partial charge in [-0.05, 0) is 47.9 Å². The first-order valence-electron chi connectivity index (χ1n) is 6.33. The van der Waals surface area contributed by atoms with E-state index in [1.165, 1.54) is 12.1 Å². The first kappa shape index (κ1) is 16.2. The maximum Gasteiger partial charge on any atom is 0.126 e. The zero-order chi connectivity index (χ0) is 15.5. The fourth-order valence-electron chi connectivity index (χ4n) is 2.25. The third-order valence-corrected chi connectivity index (χ3v) is 4.51. The van der Waals surface area contributed by atoms with E-state index in [2.05, 4.69) is 0 Å². The van der Waals surface area contributed by atoms with E-state index >= 15 is 0 Å². The zero-order valence-electron chi connectivity index (χ0n) is 11.1.